The fourth-order valence-corrected chi connectivity index (χ4v) is 2.59. The van der Waals surface area contributed by atoms with Gasteiger partial charge < -0.3 is 10.2 Å². The van der Waals surface area contributed by atoms with Gasteiger partial charge in [0, 0.05) is 31.4 Å². The highest BCUT2D eigenvalue weighted by Crippen LogP contribution is 2.20. The van der Waals surface area contributed by atoms with Crippen LogP contribution in [-0.2, 0) is 5.54 Å². The Bertz CT molecular complexity index is 472. The summed E-state index contributed by atoms with van der Waals surface area (Å²) in [5.41, 5.74) is 1.57. The summed E-state index contributed by atoms with van der Waals surface area (Å²) in [5.74, 6) is 0.0991. The molecule has 0 unspecified atom stereocenters. The van der Waals surface area contributed by atoms with Gasteiger partial charge in [0.1, 0.15) is 0 Å². The van der Waals surface area contributed by atoms with E-state index < -0.39 is 0 Å². The van der Waals surface area contributed by atoms with Gasteiger partial charge in [0.2, 0.25) is 0 Å². The molecule has 2 rings (SSSR count). The molecule has 2 heterocycles. The molecule has 1 N–H and O–H groups in total. The number of piperazine rings is 1. The summed E-state index contributed by atoms with van der Waals surface area (Å²) < 4.78 is 1.92. The van der Waals surface area contributed by atoms with Crippen LogP contribution in [0.25, 0.3) is 0 Å². The van der Waals surface area contributed by atoms with Gasteiger partial charge in [-0.1, -0.05) is 0 Å². The van der Waals surface area contributed by atoms with Gasteiger partial charge in [0.25, 0.3) is 5.91 Å². The molecular weight excluding hydrogens is 240 g/mol. The van der Waals surface area contributed by atoms with Crippen LogP contribution in [-0.4, -0.2) is 46.3 Å². The van der Waals surface area contributed by atoms with E-state index in [9.17, 15) is 4.79 Å². The number of carbonyl (C=O) groups excluding carboxylic acids is 1. The molecule has 19 heavy (non-hydrogen) atoms. The molecule has 1 aromatic heterocycles. The molecule has 5 nitrogen and oxygen atoms in total. The van der Waals surface area contributed by atoms with Crippen molar-refractivity contribution >= 4 is 5.91 Å². The van der Waals surface area contributed by atoms with Crippen LogP contribution in [0.1, 0.15) is 43.7 Å². The van der Waals surface area contributed by atoms with Crippen LogP contribution in [0.4, 0.5) is 0 Å². The zero-order valence-electron chi connectivity index (χ0n) is 12.5. The highest BCUT2D eigenvalue weighted by atomic mass is 16.2. The van der Waals surface area contributed by atoms with Crippen LogP contribution in [0.3, 0.4) is 0 Å². The van der Waals surface area contributed by atoms with Gasteiger partial charge in [-0.15, -0.1) is 0 Å². The maximum Gasteiger partial charge on any atom is 0.257 e. The lowest BCUT2D eigenvalue weighted by atomic mass is 10.1. The third kappa shape index (κ3) is 2.66. The predicted octanol–water partition coefficient (Wildman–Crippen LogP) is 1.38. The number of aromatic nitrogens is 2. The number of rotatable bonds is 1. The number of carbonyl (C=O) groups is 1. The third-order valence-corrected chi connectivity index (χ3v) is 3.64. The second-order valence-electron chi connectivity index (χ2n) is 6.28. The van der Waals surface area contributed by atoms with E-state index in [1.165, 1.54) is 0 Å². The first-order valence-corrected chi connectivity index (χ1v) is 6.89. The topological polar surface area (TPSA) is 50.2 Å². The van der Waals surface area contributed by atoms with E-state index >= 15 is 0 Å². The third-order valence-electron chi connectivity index (χ3n) is 3.64. The minimum atomic E-state index is -0.0995. The van der Waals surface area contributed by atoms with Gasteiger partial charge in [-0.3, -0.25) is 9.48 Å². The van der Waals surface area contributed by atoms with Gasteiger partial charge in [0.05, 0.1) is 17.3 Å². The van der Waals surface area contributed by atoms with Crippen molar-refractivity contribution in [2.45, 2.75) is 46.2 Å². The molecule has 1 atom stereocenters. The summed E-state index contributed by atoms with van der Waals surface area (Å²) in [7, 11) is 0. The van der Waals surface area contributed by atoms with Crippen molar-refractivity contribution < 1.29 is 4.79 Å². The van der Waals surface area contributed by atoms with Gasteiger partial charge in [-0.25, -0.2) is 0 Å². The van der Waals surface area contributed by atoms with Crippen LogP contribution < -0.4 is 5.32 Å². The van der Waals surface area contributed by atoms with Crippen molar-refractivity contribution in [2.24, 2.45) is 0 Å². The molecule has 106 valence electrons. The molecule has 1 aliphatic heterocycles. The first kappa shape index (κ1) is 14.1. The van der Waals surface area contributed by atoms with Crippen LogP contribution in [0.15, 0.2) is 6.20 Å². The maximum absolute atomic E-state index is 12.6. The average Bonchev–Trinajstić information content (AvgIpc) is 2.70. The normalized spacial score (nSPS) is 20.7. The first-order chi connectivity index (χ1) is 8.82. The van der Waals surface area contributed by atoms with E-state index in [1.807, 2.05) is 16.5 Å². The summed E-state index contributed by atoms with van der Waals surface area (Å²) in [5, 5.41) is 7.68. The van der Waals surface area contributed by atoms with Crippen molar-refractivity contribution in [3.8, 4) is 0 Å². The average molecular weight is 264 g/mol. The minimum Gasteiger partial charge on any atom is -0.333 e. The molecule has 0 bridgehead atoms. The number of hydrogen-bond acceptors (Lipinski definition) is 3. The Hall–Kier alpha value is -1.36. The van der Waals surface area contributed by atoms with E-state index in [1.54, 1.807) is 6.20 Å². The van der Waals surface area contributed by atoms with E-state index in [0.29, 0.717) is 0 Å². The van der Waals surface area contributed by atoms with Gasteiger partial charge in [0.15, 0.2) is 0 Å². The Kier molecular flexibility index (Phi) is 3.67. The summed E-state index contributed by atoms with van der Waals surface area (Å²) in [4.78, 5) is 14.6. The van der Waals surface area contributed by atoms with E-state index in [0.717, 1.165) is 30.9 Å². The van der Waals surface area contributed by atoms with Crippen molar-refractivity contribution in [1.82, 2.24) is 20.0 Å². The largest absolute Gasteiger partial charge is 0.333 e. The van der Waals surface area contributed by atoms with Crippen molar-refractivity contribution in [1.29, 1.82) is 0 Å². The highest BCUT2D eigenvalue weighted by molar-refractivity contribution is 5.95. The second kappa shape index (κ2) is 4.96. The lowest BCUT2D eigenvalue weighted by molar-refractivity contribution is 0.0654. The molecule has 1 aromatic rings. The monoisotopic (exact) mass is 264 g/mol. The quantitative estimate of drug-likeness (QED) is 0.833. The van der Waals surface area contributed by atoms with E-state index in [-0.39, 0.29) is 17.5 Å². The Labute approximate surface area is 115 Å². The van der Waals surface area contributed by atoms with Gasteiger partial charge in [-0.05, 0) is 34.6 Å². The molecule has 0 radical (unpaired) electrons. The second-order valence-corrected chi connectivity index (χ2v) is 6.28. The molecular formula is C14H24N4O. The maximum atomic E-state index is 12.6. The summed E-state index contributed by atoms with van der Waals surface area (Å²) in [6, 6.07) is 0.235. The van der Waals surface area contributed by atoms with Crippen molar-refractivity contribution in [3.63, 3.8) is 0 Å². The number of nitrogens with one attached hydrogen (secondary N) is 1. The number of nitrogens with zero attached hydrogens (tertiary/aromatic N) is 3. The first-order valence-electron chi connectivity index (χ1n) is 6.89. The van der Waals surface area contributed by atoms with Gasteiger partial charge in [-0.2, -0.15) is 5.10 Å². The lowest BCUT2D eigenvalue weighted by Gasteiger charge is -2.34. The molecule has 5 heteroatoms. The highest BCUT2D eigenvalue weighted by Gasteiger charge is 2.28. The summed E-state index contributed by atoms with van der Waals surface area (Å²) in [6.07, 6.45) is 1.71. The van der Waals surface area contributed by atoms with Crippen LogP contribution in [0.5, 0.6) is 0 Å². The lowest BCUT2D eigenvalue weighted by Crippen LogP contribution is -2.52. The molecule has 1 aliphatic rings. The predicted molar refractivity (Wildman–Crippen MR) is 75.3 cm³/mol. The SMILES string of the molecule is Cc1c(C(=O)N2CCNC[C@@H]2C)cnn1C(C)(C)C. The van der Waals surface area contributed by atoms with E-state index in [2.05, 4.69) is 38.1 Å². The van der Waals surface area contributed by atoms with Crippen molar-refractivity contribution in [2.75, 3.05) is 19.6 Å². The number of hydrogen-bond donors (Lipinski definition) is 1. The zero-order valence-corrected chi connectivity index (χ0v) is 12.5. The fraction of sp³-hybridized carbons (Fsp3) is 0.714. The smallest absolute Gasteiger partial charge is 0.257 e. The molecule has 1 amide bonds. The fourth-order valence-electron chi connectivity index (χ4n) is 2.59. The number of amides is 1. The van der Waals surface area contributed by atoms with E-state index in [4.69, 9.17) is 0 Å². The standard InChI is InChI=1S/C14H24N4O/c1-10-8-15-6-7-17(10)13(19)12-9-16-18(11(12)2)14(3,4)5/h9-10,15H,6-8H2,1-5H3/t10-/m0/s1. The molecule has 1 fully saturated rings. The molecule has 1 saturated heterocycles. The van der Waals surface area contributed by atoms with Crippen LogP contribution in [0, 0.1) is 6.92 Å². The Morgan fingerprint density at radius 2 is 2.16 bits per heavy atom. The summed E-state index contributed by atoms with van der Waals surface area (Å²) >= 11 is 0. The Morgan fingerprint density at radius 3 is 2.68 bits per heavy atom. The Morgan fingerprint density at radius 1 is 1.47 bits per heavy atom. The van der Waals surface area contributed by atoms with Crippen LogP contribution in [0.2, 0.25) is 0 Å². The zero-order chi connectivity index (χ0) is 14.2. The summed E-state index contributed by atoms with van der Waals surface area (Å²) in [6.45, 7) is 12.8. The van der Waals surface area contributed by atoms with Crippen LogP contribution >= 0.6 is 0 Å². The molecule has 0 saturated carbocycles. The molecule has 0 spiro atoms. The molecule has 0 aliphatic carbocycles. The molecule has 0 aromatic carbocycles. The minimum absolute atomic E-state index is 0.0991. The van der Waals surface area contributed by atoms with Crippen molar-refractivity contribution in [3.05, 3.63) is 17.5 Å². The Balaban J connectivity index is 2.27. The van der Waals surface area contributed by atoms with Gasteiger partial charge >= 0.3 is 0 Å².